The van der Waals surface area contributed by atoms with E-state index in [9.17, 15) is 9.59 Å². The van der Waals surface area contributed by atoms with E-state index in [0.717, 1.165) is 22.4 Å². The van der Waals surface area contributed by atoms with Crippen molar-refractivity contribution in [2.45, 2.75) is 13.3 Å². The van der Waals surface area contributed by atoms with E-state index < -0.39 is 5.97 Å². The number of aromatic amines is 1. The lowest BCUT2D eigenvalue weighted by atomic mass is 10.0. The van der Waals surface area contributed by atoms with Gasteiger partial charge >= 0.3 is 5.97 Å². The van der Waals surface area contributed by atoms with Crippen LogP contribution in [-0.4, -0.2) is 34.2 Å². The fourth-order valence-corrected chi connectivity index (χ4v) is 2.56. The number of H-pyrrole nitrogens is 1. The SMILES string of the molecule is Cc1cc2c(c(-c3cc(C(=O)O)[nH]n3)c1)N(C)C(=O)C2. The van der Waals surface area contributed by atoms with Crippen LogP contribution in [0.4, 0.5) is 5.69 Å². The van der Waals surface area contributed by atoms with E-state index in [1.165, 1.54) is 6.07 Å². The van der Waals surface area contributed by atoms with Gasteiger partial charge < -0.3 is 10.0 Å². The number of carbonyl (C=O) groups excluding carboxylic acids is 1. The van der Waals surface area contributed by atoms with E-state index in [0.29, 0.717) is 12.1 Å². The predicted molar refractivity (Wildman–Crippen MR) is 72.8 cm³/mol. The molecule has 0 bridgehead atoms. The molecule has 6 heteroatoms. The minimum absolute atomic E-state index is 0.0286. The van der Waals surface area contributed by atoms with Gasteiger partial charge in [-0.2, -0.15) is 5.10 Å². The summed E-state index contributed by atoms with van der Waals surface area (Å²) < 4.78 is 0. The maximum atomic E-state index is 11.8. The van der Waals surface area contributed by atoms with E-state index in [1.807, 2.05) is 19.1 Å². The summed E-state index contributed by atoms with van der Waals surface area (Å²) in [7, 11) is 1.72. The fourth-order valence-electron chi connectivity index (χ4n) is 2.56. The first-order chi connectivity index (χ1) is 9.47. The number of nitrogens with one attached hydrogen (secondary N) is 1. The molecule has 0 saturated carbocycles. The van der Waals surface area contributed by atoms with E-state index in [-0.39, 0.29) is 11.6 Å². The molecule has 0 aliphatic carbocycles. The van der Waals surface area contributed by atoms with Gasteiger partial charge in [-0.05, 0) is 24.6 Å². The molecule has 0 atom stereocenters. The molecule has 6 nitrogen and oxygen atoms in total. The van der Waals surface area contributed by atoms with E-state index >= 15 is 0 Å². The molecule has 1 aromatic carbocycles. The fraction of sp³-hybridized carbons (Fsp3) is 0.214. The number of aromatic nitrogens is 2. The maximum absolute atomic E-state index is 11.8. The number of carboxylic acids is 1. The number of likely N-dealkylation sites (N-methyl/N-ethyl adjacent to an activating group) is 1. The van der Waals surface area contributed by atoms with Gasteiger partial charge in [-0.3, -0.25) is 9.89 Å². The second-order valence-corrected chi connectivity index (χ2v) is 4.92. The molecule has 1 amide bonds. The number of aromatic carboxylic acids is 1. The molecule has 20 heavy (non-hydrogen) atoms. The van der Waals surface area contributed by atoms with E-state index in [1.54, 1.807) is 11.9 Å². The Morgan fingerprint density at radius 3 is 2.80 bits per heavy atom. The van der Waals surface area contributed by atoms with Crippen LogP contribution in [0.3, 0.4) is 0 Å². The zero-order chi connectivity index (χ0) is 14.4. The number of anilines is 1. The summed E-state index contributed by atoms with van der Waals surface area (Å²) in [6, 6.07) is 5.37. The number of hydrogen-bond donors (Lipinski definition) is 2. The molecule has 1 aromatic heterocycles. The minimum atomic E-state index is -1.06. The molecule has 0 unspecified atom stereocenters. The van der Waals surface area contributed by atoms with Gasteiger partial charge in [0.05, 0.1) is 17.8 Å². The second kappa shape index (κ2) is 4.19. The van der Waals surface area contributed by atoms with Gasteiger partial charge in [0, 0.05) is 12.6 Å². The molecule has 0 fully saturated rings. The van der Waals surface area contributed by atoms with Crippen molar-refractivity contribution < 1.29 is 14.7 Å². The summed E-state index contributed by atoms with van der Waals surface area (Å²) in [5.74, 6) is -1.03. The van der Waals surface area contributed by atoms with Crippen molar-refractivity contribution >= 4 is 17.6 Å². The normalized spacial score (nSPS) is 13.7. The van der Waals surface area contributed by atoms with Crippen LogP contribution in [0.25, 0.3) is 11.3 Å². The molecular weight excluding hydrogens is 258 g/mol. The lowest BCUT2D eigenvalue weighted by Gasteiger charge is -2.14. The highest BCUT2D eigenvalue weighted by Crippen LogP contribution is 2.38. The average Bonchev–Trinajstić information content (AvgIpc) is 2.95. The first-order valence-electron chi connectivity index (χ1n) is 6.16. The van der Waals surface area contributed by atoms with Gasteiger partial charge in [-0.15, -0.1) is 0 Å². The Balaban J connectivity index is 2.19. The van der Waals surface area contributed by atoms with Crippen molar-refractivity contribution in [1.82, 2.24) is 10.2 Å². The molecule has 1 aliphatic rings. The number of carboxylic acid groups (broad SMARTS) is 1. The van der Waals surface area contributed by atoms with Gasteiger partial charge in [0.1, 0.15) is 5.69 Å². The number of rotatable bonds is 2. The van der Waals surface area contributed by atoms with Gasteiger partial charge in [0.15, 0.2) is 0 Å². The highest BCUT2D eigenvalue weighted by Gasteiger charge is 2.28. The number of fused-ring (bicyclic) bond motifs is 1. The Hall–Kier alpha value is -2.63. The third kappa shape index (κ3) is 1.77. The lowest BCUT2D eigenvalue weighted by molar-refractivity contribution is -0.117. The molecule has 0 saturated heterocycles. The van der Waals surface area contributed by atoms with Crippen LogP contribution >= 0.6 is 0 Å². The Morgan fingerprint density at radius 2 is 2.15 bits per heavy atom. The van der Waals surface area contributed by atoms with Crippen LogP contribution < -0.4 is 4.90 Å². The zero-order valence-electron chi connectivity index (χ0n) is 11.1. The topological polar surface area (TPSA) is 86.3 Å². The Morgan fingerprint density at radius 1 is 1.40 bits per heavy atom. The van der Waals surface area contributed by atoms with Crippen LogP contribution in [0.1, 0.15) is 21.6 Å². The monoisotopic (exact) mass is 271 g/mol. The van der Waals surface area contributed by atoms with Crippen LogP contribution in [0.2, 0.25) is 0 Å². The number of nitrogens with zero attached hydrogens (tertiary/aromatic N) is 2. The van der Waals surface area contributed by atoms with Crippen LogP contribution in [0, 0.1) is 6.92 Å². The Bertz CT molecular complexity index is 733. The number of aryl methyl sites for hydroxylation is 1. The number of hydrogen-bond acceptors (Lipinski definition) is 3. The highest BCUT2D eigenvalue weighted by atomic mass is 16.4. The van der Waals surface area contributed by atoms with Gasteiger partial charge in [-0.1, -0.05) is 11.6 Å². The maximum Gasteiger partial charge on any atom is 0.353 e. The molecule has 1 aliphatic heterocycles. The summed E-state index contributed by atoms with van der Waals surface area (Å²) in [6.45, 7) is 1.94. The molecule has 2 N–H and O–H groups in total. The van der Waals surface area contributed by atoms with Crippen LogP contribution in [-0.2, 0) is 11.2 Å². The average molecular weight is 271 g/mol. The zero-order valence-corrected chi connectivity index (χ0v) is 11.1. The number of benzene rings is 1. The third-order valence-corrected chi connectivity index (χ3v) is 3.47. The summed E-state index contributed by atoms with van der Waals surface area (Å²) in [6.07, 6.45) is 0.372. The molecule has 2 aromatic rings. The molecule has 0 radical (unpaired) electrons. The predicted octanol–water partition coefficient (Wildman–Crippen LogP) is 1.60. The largest absolute Gasteiger partial charge is 0.477 e. The molecular formula is C14H13N3O3. The standard InChI is InChI=1S/C14H13N3O3/c1-7-3-8-5-12(18)17(2)13(8)9(4-7)10-6-11(14(19)20)16-15-10/h3-4,6H,5H2,1-2H3,(H,15,16)(H,19,20). The summed E-state index contributed by atoms with van der Waals surface area (Å²) >= 11 is 0. The molecule has 3 rings (SSSR count). The highest BCUT2D eigenvalue weighted by molar-refractivity contribution is 6.05. The quantitative estimate of drug-likeness (QED) is 0.868. The van der Waals surface area contributed by atoms with Crippen molar-refractivity contribution in [3.63, 3.8) is 0 Å². The van der Waals surface area contributed by atoms with Crippen molar-refractivity contribution in [2.75, 3.05) is 11.9 Å². The lowest BCUT2D eigenvalue weighted by Crippen LogP contribution is -2.21. The van der Waals surface area contributed by atoms with E-state index in [4.69, 9.17) is 5.11 Å². The van der Waals surface area contributed by atoms with Crippen LogP contribution in [0.5, 0.6) is 0 Å². The summed E-state index contributed by atoms with van der Waals surface area (Å²) in [5.41, 5.74) is 4.11. The number of amides is 1. The van der Waals surface area contributed by atoms with Crippen molar-refractivity contribution in [3.8, 4) is 11.3 Å². The van der Waals surface area contributed by atoms with Crippen molar-refractivity contribution in [1.29, 1.82) is 0 Å². The molecule has 2 heterocycles. The molecule has 0 spiro atoms. The first-order valence-corrected chi connectivity index (χ1v) is 6.16. The second-order valence-electron chi connectivity index (χ2n) is 4.92. The minimum Gasteiger partial charge on any atom is -0.477 e. The van der Waals surface area contributed by atoms with Gasteiger partial charge in [0.2, 0.25) is 5.91 Å². The Kier molecular flexibility index (Phi) is 2.60. The van der Waals surface area contributed by atoms with Crippen molar-refractivity contribution in [2.24, 2.45) is 0 Å². The van der Waals surface area contributed by atoms with Gasteiger partial charge in [-0.25, -0.2) is 4.79 Å². The Labute approximate surface area is 115 Å². The summed E-state index contributed by atoms with van der Waals surface area (Å²) in [5, 5.41) is 15.5. The van der Waals surface area contributed by atoms with E-state index in [2.05, 4.69) is 10.2 Å². The molecule has 102 valence electrons. The van der Waals surface area contributed by atoms with Gasteiger partial charge in [0.25, 0.3) is 0 Å². The smallest absolute Gasteiger partial charge is 0.353 e. The number of carbonyl (C=O) groups is 2. The van der Waals surface area contributed by atoms with Crippen LogP contribution in [0.15, 0.2) is 18.2 Å². The first kappa shape index (κ1) is 12.4. The van der Waals surface area contributed by atoms with Crippen molar-refractivity contribution in [3.05, 3.63) is 35.0 Å². The third-order valence-electron chi connectivity index (χ3n) is 3.47. The summed E-state index contributed by atoms with van der Waals surface area (Å²) in [4.78, 5) is 24.4.